The molecule has 0 bridgehead atoms. The van der Waals surface area contributed by atoms with E-state index in [1.54, 1.807) is 20.8 Å². The summed E-state index contributed by atoms with van der Waals surface area (Å²) in [5, 5.41) is 0. The number of ether oxygens (including phenoxy) is 4. The van der Waals surface area contributed by atoms with Crippen molar-refractivity contribution >= 4 is 17.9 Å². The van der Waals surface area contributed by atoms with E-state index in [2.05, 4.69) is 10.9 Å². The number of terminal acetylenes is 1. The lowest BCUT2D eigenvalue weighted by atomic mass is 10.1. The second-order valence-electron chi connectivity index (χ2n) is 6.57. The van der Waals surface area contributed by atoms with Gasteiger partial charge in [-0.25, -0.2) is 4.79 Å². The zero-order valence-corrected chi connectivity index (χ0v) is 17.4. The number of aromatic nitrogens is 2. The van der Waals surface area contributed by atoms with Crippen LogP contribution in [-0.4, -0.2) is 52.4 Å². The molecule has 1 aromatic heterocycles. The van der Waals surface area contributed by atoms with Crippen molar-refractivity contribution in [3.05, 3.63) is 32.6 Å². The lowest BCUT2D eigenvalue weighted by Gasteiger charge is -2.24. The summed E-state index contributed by atoms with van der Waals surface area (Å²) < 4.78 is 22.7. The fourth-order valence-corrected chi connectivity index (χ4v) is 2.86. The molecule has 0 radical (unpaired) electrons. The first-order chi connectivity index (χ1) is 14.7. The van der Waals surface area contributed by atoms with Crippen molar-refractivity contribution in [3.8, 4) is 12.3 Å². The van der Waals surface area contributed by atoms with Gasteiger partial charge in [0.25, 0.3) is 5.56 Å². The van der Waals surface area contributed by atoms with Gasteiger partial charge >= 0.3 is 23.6 Å². The predicted molar refractivity (Wildman–Crippen MR) is 105 cm³/mol. The van der Waals surface area contributed by atoms with Gasteiger partial charge in [0.15, 0.2) is 18.4 Å². The van der Waals surface area contributed by atoms with E-state index in [4.69, 9.17) is 25.4 Å². The maximum atomic E-state index is 12.4. The van der Waals surface area contributed by atoms with Gasteiger partial charge in [0, 0.05) is 25.5 Å². The fourth-order valence-electron chi connectivity index (χ4n) is 2.86. The summed E-state index contributed by atoms with van der Waals surface area (Å²) in [4.78, 5) is 61.9. The summed E-state index contributed by atoms with van der Waals surface area (Å²) in [6.45, 7) is 4.41. The highest BCUT2D eigenvalue weighted by Gasteiger charge is 2.51. The zero-order valence-electron chi connectivity index (χ0n) is 17.4. The molecule has 1 N–H and O–H groups in total. The van der Waals surface area contributed by atoms with Crippen LogP contribution in [0.3, 0.4) is 0 Å². The number of carbonyl (C=O) groups is 3. The Morgan fingerprint density at radius 3 is 2.19 bits per heavy atom. The summed E-state index contributed by atoms with van der Waals surface area (Å²) in [7, 11) is 0. The SMILES string of the molecule is C#Cc1cn([C@@H]2O[C@H](COC(=O)CC)[C@@H](OC(=O)CC)[C@@H]2OC(=O)CC)c(=O)[nH]c1=O. The van der Waals surface area contributed by atoms with Gasteiger partial charge in [-0.15, -0.1) is 6.42 Å². The molecule has 1 fully saturated rings. The first-order valence-corrected chi connectivity index (χ1v) is 9.77. The Morgan fingerprint density at radius 2 is 1.65 bits per heavy atom. The van der Waals surface area contributed by atoms with Crippen LogP contribution in [0.4, 0.5) is 0 Å². The zero-order chi connectivity index (χ0) is 23.1. The molecule has 1 aliphatic rings. The Bertz CT molecular complexity index is 988. The number of hydrogen-bond acceptors (Lipinski definition) is 9. The minimum absolute atomic E-state index is 0.00325. The first kappa shape index (κ1) is 23.9. The summed E-state index contributed by atoms with van der Waals surface area (Å²) in [5.41, 5.74) is -1.81. The van der Waals surface area contributed by atoms with Gasteiger partial charge in [-0.1, -0.05) is 26.7 Å². The Labute approximate surface area is 177 Å². The number of nitrogens with zero attached hydrogens (tertiary/aromatic N) is 1. The molecular formula is C20H24N2O9. The van der Waals surface area contributed by atoms with Crippen LogP contribution in [0.5, 0.6) is 0 Å². The number of aromatic amines is 1. The normalized spacial score (nSPS) is 22.4. The second-order valence-corrected chi connectivity index (χ2v) is 6.57. The molecule has 168 valence electrons. The van der Waals surface area contributed by atoms with Crippen molar-refractivity contribution in [2.75, 3.05) is 6.61 Å². The van der Waals surface area contributed by atoms with Crippen molar-refractivity contribution < 1.29 is 33.3 Å². The number of rotatable bonds is 8. The minimum Gasteiger partial charge on any atom is -0.463 e. The molecule has 0 spiro atoms. The highest BCUT2D eigenvalue weighted by molar-refractivity contribution is 5.70. The van der Waals surface area contributed by atoms with Crippen molar-refractivity contribution in [1.82, 2.24) is 9.55 Å². The molecular weight excluding hydrogens is 412 g/mol. The highest BCUT2D eigenvalue weighted by Crippen LogP contribution is 2.34. The third-order valence-corrected chi connectivity index (χ3v) is 4.49. The van der Waals surface area contributed by atoms with Gasteiger partial charge in [0.2, 0.25) is 0 Å². The topological polar surface area (TPSA) is 143 Å². The number of H-pyrrole nitrogens is 1. The molecule has 11 heteroatoms. The van der Waals surface area contributed by atoms with Crippen LogP contribution < -0.4 is 11.2 Å². The first-order valence-electron chi connectivity index (χ1n) is 9.77. The molecule has 1 aromatic rings. The summed E-state index contributed by atoms with van der Waals surface area (Å²) in [6, 6.07) is 0. The van der Waals surface area contributed by atoms with Gasteiger partial charge in [-0.2, -0.15) is 0 Å². The van der Waals surface area contributed by atoms with E-state index in [1.807, 2.05) is 0 Å². The van der Waals surface area contributed by atoms with Crippen molar-refractivity contribution in [3.63, 3.8) is 0 Å². The van der Waals surface area contributed by atoms with Crippen LogP contribution in [0.15, 0.2) is 15.8 Å². The van der Waals surface area contributed by atoms with Crippen molar-refractivity contribution in [2.24, 2.45) is 0 Å². The van der Waals surface area contributed by atoms with E-state index in [9.17, 15) is 24.0 Å². The average molecular weight is 436 g/mol. The summed E-state index contributed by atoms with van der Waals surface area (Å²) >= 11 is 0. The molecule has 31 heavy (non-hydrogen) atoms. The number of nitrogens with one attached hydrogen (secondary N) is 1. The van der Waals surface area contributed by atoms with Crippen LogP contribution in [0.25, 0.3) is 0 Å². The van der Waals surface area contributed by atoms with Gasteiger partial charge in [-0.05, 0) is 0 Å². The molecule has 2 heterocycles. The molecule has 4 atom stereocenters. The Morgan fingerprint density at radius 1 is 1.06 bits per heavy atom. The third-order valence-electron chi connectivity index (χ3n) is 4.49. The quantitative estimate of drug-likeness (QED) is 0.339. The summed E-state index contributed by atoms with van der Waals surface area (Å²) in [6.07, 6.45) is 1.74. The predicted octanol–water partition coefficient (Wildman–Crippen LogP) is 0.0121. The van der Waals surface area contributed by atoms with Crippen molar-refractivity contribution in [1.29, 1.82) is 0 Å². The van der Waals surface area contributed by atoms with E-state index in [0.717, 1.165) is 10.8 Å². The van der Waals surface area contributed by atoms with Gasteiger partial charge in [0.1, 0.15) is 18.3 Å². The van der Waals surface area contributed by atoms with E-state index in [-0.39, 0.29) is 31.4 Å². The monoisotopic (exact) mass is 436 g/mol. The number of carbonyl (C=O) groups excluding carboxylic acids is 3. The van der Waals surface area contributed by atoms with Crippen LogP contribution >= 0.6 is 0 Å². The maximum Gasteiger partial charge on any atom is 0.330 e. The second kappa shape index (κ2) is 10.6. The average Bonchev–Trinajstić information content (AvgIpc) is 3.08. The van der Waals surface area contributed by atoms with Crippen LogP contribution in [0.2, 0.25) is 0 Å². The molecule has 0 aliphatic carbocycles. The van der Waals surface area contributed by atoms with E-state index < -0.39 is 53.7 Å². The smallest absolute Gasteiger partial charge is 0.330 e. The molecule has 0 unspecified atom stereocenters. The fraction of sp³-hybridized carbons (Fsp3) is 0.550. The Kier molecular flexibility index (Phi) is 8.15. The van der Waals surface area contributed by atoms with Crippen LogP contribution in [0, 0.1) is 12.3 Å². The maximum absolute atomic E-state index is 12.4. The molecule has 0 amide bonds. The van der Waals surface area contributed by atoms with Crippen molar-refractivity contribution in [2.45, 2.75) is 64.6 Å². The van der Waals surface area contributed by atoms with E-state index in [0.29, 0.717) is 0 Å². The van der Waals surface area contributed by atoms with Gasteiger partial charge in [0.05, 0.1) is 0 Å². The molecule has 2 rings (SSSR count). The van der Waals surface area contributed by atoms with Crippen LogP contribution in [0.1, 0.15) is 51.8 Å². The molecule has 0 aromatic carbocycles. The summed E-state index contributed by atoms with van der Waals surface area (Å²) in [5.74, 6) is 0.365. The number of esters is 3. The largest absolute Gasteiger partial charge is 0.463 e. The highest BCUT2D eigenvalue weighted by atomic mass is 16.7. The van der Waals surface area contributed by atoms with E-state index in [1.165, 1.54) is 0 Å². The minimum atomic E-state index is -1.30. The number of hydrogen-bond donors (Lipinski definition) is 1. The molecule has 0 saturated carbocycles. The lowest BCUT2D eigenvalue weighted by molar-refractivity contribution is -0.169. The Balaban J connectivity index is 2.51. The van der Waals surface area contributed by atoms with E-state index >= 15 is 0 Å². The van der Waals surface area contributed by atoms with Crippen LogP contribution in [-0.2, 0) is 33.3 Å². The molecule has 1 aliphatic heterocycles. The standard InChI is InChI=1S/C20H24N2O9/c1-5-11-9-22(20(27)21-18(11)26)19-17(31-15(25)8-4)16(30-14(24)7-3)12(29-19)10-28-13(23)6-2/h1,9,12,16-17,19H,6-8,10H2,2-4H3,(H,21,26,27)/t12-,16-,17+,19-/m1/s1. The van der Waals surface area contributed by atoms with Gasteiger partial charge < -0.3 is 18.9 Å². The molecule has 1 saturated heterocycles. The third kappa shape index (κ3) is 5.61. The Hall–Kier alpha value is -3.39. The molecule has 11 nitrogen and oxygen atoms in total. The van der Waals surface area contributed by atoms with Gasteiger partial charge in [-0.3, -0.25) is 28.7 Å². The lowest BCUT2D eigenvalue weighted by Crippen LogP contribution is -2.43.